The van der Waals surface area contributed by atoms with Gasteiger partial charge in [0.05, 0.1) is 6.61 Å². The van der Waals surface area contributed by atoms with Crippen molar-refractivity contribution in [2.75, 3.05) is 13.2 Å². The zero-order chi connectivity index (χ0) is 34.6. The number of aliphatic hydroxyl groups excluding tert-OH is 1. The van der Waals surface area contributed by atoms with Crippen LogP contribution in [0.4, 0.5) is 0 Å². The van der Waals surface area contributed by atoms with Crippen LogP contribution in [0.5, 0.6) is 0 Å². The summed E-state index contributed by atoms with van der Waals surface area (Å²) in [5.74, 6) is 0.397. The predicted molar refractivity (Wildman–Crippen MR) is 196 cm³/mol. The Morgan fingerprint density at radius 3 is 1.62 bits per heavy atom. The first-order valence-corrected chi connectivity index (χ1v) is 19.7. The minimum absolute atomic E-state index is 0.0884. The lowest BCUT2D eigenvalue weighted by molar-refractivity contribution is -0.161. The lowest BCUT2D eigenvalue weighted by atomic mass is 10.0. The van der Waals surface area contributed by atoms with Gasteiger partial charge in [0.25, 0.3) is 0 Å². The molecule has 274 valence electrons. The quantitative estimate of drug-likeness (QED) is 0.0314. The average Bonchev–Trinajstić information content (AvgIpc) is 3.05. The molecule has 0 bridgehead atoms. The van der Waals surface area contributed by atoms with Crippen LogP contribution < -0.4 is 0 Å². The molecule has 0 aliphatic rings. The highest BCUT2D eigenvalue weighted by Crippen LogP contribution is 2.15. The summed E-state index contributed by atoms with van der Waals surface area (Å²) in [5, 5.41) is 9.54. The number of ether oxygens (including phenoxy) is 2. The number of hydrogen-bond donors (Lipinski definition) is 1. The Balaban J connectivity index is 3.60. The summed E-state index contributed by atoms with van der Waals surface area (Å²) in [6.07, 6.45) is 36.4. The zero-order valence-corrected chi connectivity index (χ0v) is 31.0. The molecule has 1 N–H and O–H groups in total. The lowest BCUT2D eigenvalue weighted by Crippen LogP contribution is -2.28. The van der Waals surface area contributed by atoms with Crippen molar-refractivity contribution in [3.8, 4) is 0 Å². The van der Waals surface area contributed by atoms with Gasteiger partial charge < -0.3 is 14.6 Å². The molecule has 0 unspecified atom stereocenters. The summed E-state index contributed by atoms with van der Waals surface area (Å²) < 4.78 is 10.6. The Labute approximate surface area is 289 Å². The van der Waals surface area contributed by atoms with Crippen molar-refractivity contribution in [3.63, 3.8) is 0 Å². The average molecular weight is 663 g/mol. The van der Waals surface area contributed by atoms with E-state index in [0.29, 0.717) is 19.3 Å². The molecule has 47 heavy (non-hydrogen) atoms. The standard InChI is InChI=1S/C41H74O6/c1-4-5-25-31-38(43)32-27-22-18-14-12-16-20-24-29-34-41(45)47-39(35-42)36-46-40(44)33-28-23-19-15-11-9-7-6-8-10-13-17-21-26-30-37(2)3/h18,22,27,32,37,39,42H,4-17,19-21,23-26,28-31,33-36H2,1-3H3/b22-18-,32-27+/t39-/m0/s1. The maximum atomic E-state index is 12.1. The Bertz CT molecular complexity index is 787. The number of carbonyl (C=O) groups is 3. The van der Waals surface area contributed by atoms with Crippen LogP contribution in [-0.2, 0) is 23.9 Å². The first-order chi connectivity index (χ1) is 22.9. The van der Waals surface area contributed by atoms with Gasteiger partial charge in [-0.25, -0.2) is 0 Å². The van der Waals surface area contributed by atoms with Crippen molar-refractivity contribution in [1.82, 2.24) is 0 Å². The van der Waals surface area contributed by atoms with Gasteiger partial charge >= 0.3 is 11.9 Å². The maximum absolute atomic E-state index is 12.1. The molecule has 0 rings (SSSR count). The van der Waals surface area contributed by atoms with Gasteiger partial charge in [0, 0.05) is 19.3 Å². The molecule has 0 radical (unpaired) electrons. The van der Waals surface area contributed by atoms with E-state index in [1.54, 1.807) is 6.08 Å². The largest absolute Gasteiger partial charge is 0.462 e. The normalized spacial score (nSPS) is 12.4. The second-order valence-electron chi connectivity index (χ2n) is 13.9. The smallest absolute Gasteiger partial charge is 0.306 e. The van der Waals surface area contributed by atoms with Gasteiger partial charge in [-0.2, -0.15) is 0 Å². The number of aliphatic hydroxyl groups is 1. The molecule has 0 saturated heterocycles. The van der Waals surface area contributed by atoms with Crippen molar-refractivity contribution in [1.29, 1.82) is 0 Å². The van der Waals surface area contributed by atoms with E-state index < -0.39 is 6.10 Å². The third-order valence-electron chi connectivity index (χ3n) is 8.65. The molecular formula is C41H74O6. The van der Waals surface area contributed by atoms with Gasteiger partial charge in [0.2, 0.25) is 0 Å². The minimum atomic E-state index is -0.798. The Hall–Kier alpha value is -1.95. The van der Waals surface area contributed by atoms with Crippen LogP contribution >= 0.6 is 0 Å². The molecule has 0 spiro atoms. The van der Waals surface area contributed by atoms with Crippen LogP contribution in [0.15, 0.2) is 24.3 Å². The van der Waals surface area contributed by atoms with Crippen molar-refractivity contribution >= 4 is 17.7 Å². The first-order valence-electron chi connectivity index (χ1n) is 19.7. The van der Waals surface area contributed by atoms with Crippen LogP contribution in [0.2, 0.25) is 0 Å². The summed E-state index contributed by atoms with van der Waals surface area (Å²) in [6.45, 7) is 6.31. The summed E-state index contributed by atoms with van der Waals surface area (Å²) in [6, 6.07) is 0. The molecule has 0 aliphatic carbocycles. The Kier molecular flexibility index (Phi) is 33.9. The molecule has 0 fully saturated rings. The van der Waals surface area contributed by atoms with E-state index in [-0.39, 0.29) is 30.9 Å². The number of hydrogen-bond acceptors (Lipinski definition) is 6. The number of allylic oxidation sites excluding steroid dienone is 4. The summed E-state index contributed by atoms with van der Waals surface area (Å²) in [5.41, 5.74) is 0. The molecule has 6 heteroatoms. The van der Waals surface area contributed by atoms with Gasteiger partial charge in [-0.1, -0.05) is 161 Å². The van der Waals surface area contributed by atoms with E-state index >= 15 is 0 Å². The molecule has 0 heterocycles. The fourth-order valence-electron chi connectivity index (χ4n) is 5.60. The summed E-state index contributed by atoms with van der Waals surface area (Å²) in [4.78, 5) is 35.9. The van der Waals surface area contributed by atoms with E-state index in [4.69, 9.17) is 9.47 Å². The number of esters is 2. The Morgan fingerprint density at radius 2 is 1.09 bits per heavy atom. The predicted octanol–water partition coefficient (Wildman–Crippen LogP) is 11.3. The van der Waals surface area contributed by atoms with Gasteiger partial charge in [0.1, 0.15) is 6.61 Å². The SMILES string of the molecule is CCCCCC(=O)/C=C/C=C\CCCCCCCC(=O)O[C@@H](CO)COC(=O)CCCCCCCCCCCCCCCCC(C)C. The summed E-state index contributed by atoms with van der Waals surface area (Å²) in [7, 11) is 0. The van der Waals surface area contributed by atoms with Crippen LogP contribution in [-0.4, -0.2) is 42.1 Å². The maximum Gasteiger partial charge on any atom is 0.306 e. The Morgan fingerprint density at radius 1 is 0.596 bits per heavy atom. The van der Waals surface area contributed by atoms with Gasteiger partial charge in [0.15, 0.2) is 11.9 Å². The minimum Gasteiger partial charge on any atom is -0.462 e. The second-order valence-corrected chi connectivity index (χ2v) is 13.9. The van der Waals surface area contributed by atoms with Gasteiger partial charge in [-0.05, 0) is 44.1 Å². The highest BCUT2D eigenvalue weighted by atomic mass is 16.6. The van der Waals surface area contributed by atoms with Crippen molar-refractivity contribution in [2.24, 2.45) is 5.92 Å². The second kappa shape index (κ2) is 35.4. The van der Waals surface area contributed by atoms with E-state index in [0.717, 1.165) is 83.0 Å². The van der Waals surface area contributed by atoms with Crippen molar-refractivity contribution < 1.29 is 29.0 Å². The van der Waals surface area contributed by atoms with E-state index in [1.165, 1.54) is 77.0 Å². The van der Waals surface area contributed by atoms with Crippen molar-refractivity contribution in [3.05, 3.63) is 24.3 Å². The summed E-state index contributed by atoms with van der Waals surface area (Å²) >= 11 is 0. The fourth-order valence-corrected chi connectivity index (χ4v) is 5.60. The van der Waals surface area contributed by atoms with Crippen LogP contribution in [0.25, 0.3) is 0 Å². The topological polar surface area (TPSA) is 89.9 Å². The van der Waals surface area contributed by atoms with Gasteiger partial charge in [-0.15, -0.1) is 0 Å². The van der Waals surface area contributed by atoms with E-state index in [2.05, 4.69) is 26.8 Å². The monoisotopic (exact) mass is 663 g/mol. The van der Waals surface area contributed by atoms with Crippen LogP contribution in [0.3, 0.4) is 0 Å². The molecule has 0 saturated carbocycles. The molecule has 0 aromatic heterocycles. The van der Waals surface area contributed by atoms with Crippen LogP contribution in [0.1, 0.15) is 194 Å². The molecule has 1 atom stereocenters. The number of rotatable bonds is 35. The third-order valence-corrected chi connectivity index (χ3v) is 8.65. The number of ketones is 1. The molecule has 0 aliphatic heterocycles. The van der Waals surface area contributed by atoms with Gasteiger partial charge in [-0.3, -0.25) is 14.4 Å². The molecule has 0 aromatic rings. The molecule has 0 aromatic carbocycles. The highest BCUT2D eigenvalue weighted by molar-refractivity contribution is 5.89. The van der Waals surface area contributed by atoms with E-state index in [9.17, 15) is 19.5 Å². The fraction of sp³-hybridized carbons (Fsp3) is 0.829. The zero-order valence-electron chi connectivity index (χ0n) is 31.0. The van der Waals surface area contributed by atoms with E-state index in [1.807, 2.05) is 12.2 Å². The lowest BCUT2D eigenvalue weighted by Gasteiger charge is -2.15. The van der Waals surface area contributed by atoms with Crippen molar-refractivity contribution in [2.45, 2.75) is 200 Å². The molecule has 6 nitrogen and oxygen atoms in total. The number of carbonyl (C=O) groups excluding carboxylic acids is 3. The third kappa shape index (κ3) is 35.2. The molecular weight excluding hydrogens is 588 g/mol. The first kappa shape index (κ1) is 45.0. The number of unbranched alkanes of at least 4 members (excludes halogenated alkanes) is 20. The van der Waals surface area contributed by atoms with Crippen LogP contribution in [0, 0.1) is 5.92 Å². The highest BCUT2D eigenvalue weighted by Gasteiger charge is 2.16. The molecule has 0 amide bonds.